The Morgan fingerprint density at radius 1 is 1.24 bits per heavy atom. The van der Waals surface area contributed by atoms with E-state index in [0.717, 1.165) is 48.7 Å². The molecule has 0 aromatic carbocycles. The summed E-state index contributed by atoms with van der Waals surface area (Å²) >= 11 is 1.63. The van der Waals surface area contributed by atoms with Gasteiger partial charge in [-0.1, -0.05) is 39.0 Å². The molecule has 4 atom stereocenters. The fourth-order valence-electron chi connectivity index (χ4n) is 4.84. The summed E-state index contributed by atoms with van der Waals surface area (Å²) in [5, 5.41) is 0.913. The number of fused-ring (bicyclic) bond motifs is 1. The van der Waals surface area contributed by atoms with Gasteiger partial charge >= 0.3 is 5.97 Å². The molecule has 0 amide bonds. The molecule has 4 rings (SSSR count). The fourth-order valence-corrected chi connectivity index (χ4v) is 6.19. The highest BCUT2D eigenvalue weighted by atomic mass is 32.2. The van der Waals surface area contributed by atoms with E-state index < -0.39 is 12.3 Å². The molecule has 2 saturated carbocycles. The highest BCUT2D eigenvalue weighted by Crippen LogP contribution is 2.45. The summed E-state index contributed by atoms with van der Waals surface area (Å²) in [6.07, 6.45) is 7.11. The number of rotatable bonds is 11. The molecule has 0 aliphatic heterocycles. The van der Waals surface area contributed by atoms with Gasteiger partial charge in [-0.25, -0.2) is 18.7 Å². The third-order valence-corrected chi connectivity index (χ3v) is 8.33. The molecule has 5 nitrogen and oxygen atoms in total. The molecule has 33 heavy (non-hydrogen) atoms. The summed E-state index contributed by atoms with van der Waals surface area (Å²) in [5.74, 6) is -0.102. The summed E-state index contributed by atoms with van der Waals surface area (Å²) in [7, 11) is 0. The summed E-state index contributed by atoms with van der Waals surface area (Å²) in [6.45, 7) is 6.48. The number of nitrogens with zero attached hydrogens (tertiary/aromatic N) is 3. The van der Waals surface area contributed by atoms with Gasteiger partial charge in [0.05, 0.1) is 23.8 Å². The Hall–Kier alpha value is -1.70. The zero-order chi connectivity index (χ0) is 23.5. The predicted octanol–water partition coefficient (Wildman–Crippen LogP) is 6.56. The average molecular weight is 480 g/mol. The topological polar surface area (TPSA) is 57.0 Å². The first-order valence-electron chi connectivity index (χ1n) is 12.4. The first-order valence-corrected chi connectivity index (χ1v) is 13.3. The molecule has 2 aromatic heterocycles. The number of esters is 1. The summed E-state index contributed by atoms with van der Waals surface area (Å²) in [5.41, 5.74) is 2.76. The number of thioether (sulfide) groups is 1. The molecule has 182 valence electrons. The maximum atomic E-state index is 14.0. The lowest BCUT2D eigenvalue weighted by molar-refractivity contribution is -0.144. The van der Waals surface area contributed by atoms with Crippen LogP contribution in [0.25, 0.3) is 11.0 Å². The zero-order valence-corrected chi connectivity index (χ0v) is 20.6. The van der Waals surface area contributed by atoms with Gasteiger partial charge in [0.1, 0.15) is 12.3 Å². The number of ether oxygens (including phenoxy) is 1. The second-order valence-electron chi connectivity index (χ2n) is 9.46. The SMILES string of the molecule is CCCC(Sc1ncc2c(n1)c(C1C[C@@H](F)[C@H](F)C1)cn2C1CC1)C(CC)COC(=O)CC. The number of carbonyl (C=O) groups is 1. The van der Waals surface area contributed by atoms with Crippen molar-refractivity contribution in [2.45, 2.75) is 107 Å². The van der Waals surface area contributed by atoms with E-state index in [1.54, 1.807) is 18.7 Å². The summed E-state index contributed by atoms with van der Waals surface area (Å²) in [4.78, 5) is 21.3. The van der Waals surface area contributed by atoms with Crippen LogP contribution in [0.4, 0.5) is 8.78 Å². The third-order valence-electron chi connectivity index (χ3n) is 7.00. The van der Waals surface area contributed by atoms with Crippen molar-refractivity contribution in [1.82, 2.24) is 14.5 Å². The van der Waals surface area contributed by atoms with E-state index in [-0.39, 0.29) is 35.9 Å². The lowest BCUT2D eigenvalue weighted by Crippen LogP contribution is -2.24. The molecule has 2 unspecified atom stereocenters. The number of carbonyl (C=O) groups excluding carboxylic acids is 1. The number of aromatic nitrogens is 3. The minimum atomic E-state index is -1.39. The van der Waals surface area contributed by atoms with Gasteiger partial charge in [0.2, 0.25) is 0 Å². The van der Waals surface area contributed by atoms with Crippen molar-refractivity contribution in [2.24, 2.45) is 5.92 Å². The smallest absolute Gasteiger partial charge is 0.305 e. The van der Waals surface area contributed by atoms with Crippen molar-refractivity contribution < 1.29 is 18.3 Å². The molecule has 2 aromatic rings. The maximum Gasteiger partial charge on any atom is 0.305 e. The molecule has 2 heterocycles. The summed E-state index contributed by atoms with van der Waals surface area (Å²) < 4.78 is 35.7. The lowest BCUT2D eigenvalue weighted by atomic mass is 9.99. The summed E-state index contributed by atoms with van der Waals surface area (Å²) in [6, 6.07) is 0.442. The van der Waals surface area contributed by atoms with E-state index in [0.29, 0.717) is 24.2 Å². The molecular formula is C25H35F2N3O2S. The molecule has 0 N–H and O–H groups in total. The minimum Gasteiger partial charge on any atom is -0.465 e. The van der Waals surface area contributed by atoms with Crippen molar-refractivity contribution in [3.05, 3.63) is 18.0 Å². The molecule has 0 spiro atoms. The van der Waals surface area contributed by atoms with Gasteiger partial charge in [0.15, 0.2) is 5.16 Å². The van der Waals surface area contributed by atoms with Gasteiger partial charge < -0.3 is 9.30 Å². The van der Waals surface area contributed by atoms with Crippen molar-refractivity contribution in [2.75, 3.05) is 6.61 Å². The van der Waals surface area contributed by atoms with Crippen LogP contribution in [0.5, 0.6) is 0 Å². The van der Waals surface area contributed by atoms with Crippen molar-refractivity contribution in [1.29, 1.82) is 0 Å². The van der Waals surface area contributed by atoms with Gasteiger partial charge in [-0.05, 0) is 50.0 Å². The fraction of sp³-hybridized carbons (Fsp3) is 0.720. The predicted molar refractivity (Wildman–Crippen MR) is 127 cm³/mol. The quantitative estimate of drug-likeness (QED) is 0.207. The van der Waals surface area contributed by atoms with E-state index >= 15 is 0 Å². The Morgan fingerprint density at radius 3 is 2.58 bits per heavy atom. The molecule has 0 radical (unpaired) electrons. The van der Waals surface area contributed by atoms with Crippen LogP contribution >= 0.6 is 11.8 Å². The van der Waals surface area contributed by atoms with Crippen LogP contribution in [0.3, 0.4) is 0 Å². The normalized spacial score (nSPS) is 23.2. The second-order valence-corrected chi connectivity index (χ2v) is 10.7. The standard InChI is InChI=1S/C25H35F2N3O2S/c1-4-7-22(15(5-2)14-32-23(31)6-3)33-25-28-12-21-24(29-25)18(13-30(21)17-8-9-17)16-10-19(26)20(27)11-16/h12-13,15-17,19-20,22H,4-11,14H2,1-3H3/t15?,19-,20-,22?/m1/s1. The van der Waals surface area contributed by atoms with Gasteiger partial charge in [0, 0.05) is 29.8 Å². The maximum absolute atomic E-state index is 14.0. The third kappa shape index (κ3) is 5.52. The Kier molecular flexibility index (Phi) is 7.92. The van der Waals surface area contributed by atoms with Gasteiger partial charge in [0.25, 0.3) is 0 Å². The van der Waals surface area contributed by atoms with Crippen molar-refractivity contribution >= 4 is 28.8 Å². The van der Waals surface area contributed by atoms with Crippen LogP contribution in [0, 0.1) is 5.92 Å². The van der Waals surface area contributed by atoms with E-state index in [9.17, 15) is 13.6 Å². The Balaban J connectivity index is 1.60. The minimum absolute atomic E-state index is 0.145. The number of alkyl halides is 2. The van der Waals surface area contributed by atoms with E-state index in [1.807, 2.05) is 6.20 Å². The monoisotopic (exact) mass is 479 g/mol. The van der Waals surface area contributed by atoms with Crippen LogP contribution in [-0.4, -0.2) is 44.7 Å². The van der Waals surface area contributed by atoms with Crippen LogP contribution < -0.4 is 0 Å². The molecular weight excluding hydrogens is 444 g/mol. The van der Waals surface area contributed by atoms with Gasteiger partial charge in [-0.3, -0.25) is 4.79 Å². The highest BCUT2D eigenvalue weighted by molar-refractivity contribution is 7.99. The molecule has 0 bridgehead atoms. The molecule has 2 fully saturated rings. The number of hydrogen-bond donors (Lipinski definition) is 0. The van der Waals surface area contributed by atoms with Gasteiger partial charge in [-0.2, -0.15) is 0 Å². The first-order chi connectivity index (χ1) is 15.9. The molecule has 0 saturated heterocycles. The van der Waals surface area contributed by atoms with Crippen molar-refractivity contribution in [3.8, 4) is 0 Å². The first kappa shape index (κ1) is 24.4. The van der Waals surface area contributed by atoms with Crippen LogP contribution in [0.2, 0.25) is 0 Å². The Labute approximate surface area is 199 Å². The van der Waals surface area contributed by atoms with Crippen LogP contribution in [-0.2, 0) is 9.53 Å². The molecule has 2 aliphatic carbocycles. The average Bonchev–Trinajstić information content (AvgIpc) is 3.51. The van der Waals surface area contributed by atoms with Crippen LogP contribution in [0.1, 0.15) is 89.7 Å². The second kappa shape index (κ2) is 10.7. The lowest BCUT2D eigenvalue weighted by Gasteiger charge is -2.24. The van der Waals surface area contributed by atoms with E-state index in [2.05, 4.69) is 29.6 Å². The Bertz CT molecular complexity index is 955. The van der Waals surface area contributed by atoms with Crippen LogP contribution in [0.15, 0.2) is 17.6 Å². The zero-order valence-electron chi connectivity index (χ0n) is 19.8. The molecule has 8 heteroatoms. The Morgan fingerprint density at radius 2 is 1.97 bits per heavy atom. The van der Waals surface area contributed by atoms with Gasteiger partial charge in [-0.15, -0.1) is 0 Å². The van der Waals surface area contributed by atoms with E-state index in [1.165, 1.54) is 0 Å². The molecule has 2 aliphatic rings. The highest BCUT2D eigenvalue weighted by Gasteiger charge is 2.38. The number of hydrogen-bond acceptors (Lipinski definition) is 5. The number of halogens is 2. The largest absolute Gasteiger partial charge is 0.465 e. The van der Waals surface area contributed by atoms with Crippen molar-refractivity contribution in [3.63, 3.8) is 0 Å². The van der Waals surface area contributed by atoms with E-state index in [4.69, 9.17) is 9.72 Å².